The summed E-state index contributed by atoms with van der Waals surface area (Å²) in [4.78, 5) is 27.9. The fourth-order valence-corrected chi connectivity index (χ4v) is 5.14. The summed E-state index contributed by atoms with van der Waals surface area (Å²) in [6, 6.07) is 8.47. The molecule has 0 atom stereocenters. The Balaban J connectivity index is 2.01. The van der Waals surface area contributed by atoms with Crippen molar-refractivity contribution in [3.63, 3.8) is 0 Å². The normalized spacial score (nSPS) is 11.3. The van der Waals surface area contributed by atoms with Gasteiger partial charge in [0, 0.05) is 0 Å². The Bertz CT molecular complexity index is 1170. The fourth-order valence-electron chi connectivity index (χ4n) is 2.49. The molecule has 1 aromatic heterocycles. The van der Waals surface area contributed by atoms with Crippen LogP contribution in [0.3, 0.4) is 0 Å². The summed E-state index contributed by atoms with van der Waals surface area (Å²) >= 11 is 2.95. The molecule has 3 rings (SSSR count). The third kappa shape index (κ3) is 4.52. The summed E-state index contributed by atoms with van der Waals surface area (Å²) in [5.74, 6) is -1.55. The Hall–Kier alpha value is -2.63. The molecule has 0 saturated heterocycles. The average molecular weight is 453 g/mol. The van der Waals surface area contributed by atoms with Crippen LogP contribution in [-0.4, -0.2) is 45.8 Å². The van der Waals surface area contributed by atoms with Crippen LogP contribution in [0, 0.1) is 0 Å². The minimum atomic E-state index is -4.10. The number of anilines is 1. The van der Waals surface area contributed by atoms with E-state index in [2.05, 4.69) is 19.2 Å². The molecule has 1 N–H and O–H groups in total. The van der Waals surface area contributed by atoms with E-state index in [0.29, 0.717) is 5.69 Å². The van der Waals surface area contributed by atoms with Gasteiger partial charge in [-0.2, -0.15) is 0 Å². The molecule has 0 aliphatic carbocycles. The number of esters is 2. The van der Waals surface area contributed by atoms with Crippen molar-refractivity contribution in [2.45, 2.75) is 9.24 Å². The number of aromatic nitrogens is 1. The zero-order valence-corrected chi connectivity index (χ0v) is 18.0. The average Bonchev–Trinajstić information content (AvgIpc) is 3.14. The molecule has 0 fully saturated rings. The number of thiazole rings is 1. The zero-order valence-electron chi connectivity index (χ0n) is 15.6. The molecule has 0 spiro atoms. The number of carbonyl (C=O) groups is 2. The maximum Gasteiger partial charge on any atom is 0.337 e. The number of rotatable bonds is 6. The number of sulfonamides is 1. The van der Waals surface area contributed by atoms with Gasteiger partial charge in [-0.05, 0) is 42.7 Å². The van der Waals surface area contributed by atoms with Crippen molar-refractivity contribution < 1.29 is 27.5 Å². The lowest BCUT2D eigenvalue weighted by molar-refractivity contribution is 0.0598. The molecule has 8 nitrogen and oxygen atoms in total. The van der Waals surface area contributed by atoms with Crippen molar-refractivity contribution in [3.8, 4) is 0 Å². The minimum Gasteiger partial charge on any atom is -0.465 e. The number of carbonyl (C=O) groups excluding carboxylic acids is 2. The Kier molecular flexibility index (Phi) is 6.10. The minimum absolute atomic E-state index is 0.0849. The van der Waals surface area contributed by atoms with Crippen molar-refractivity contribution in [2.24, 2.45) is 0 Å². The van der Waals surface area contributed by atoms with Crippen LogP contribution in [0.5, 0.6) is 0 Å². The van der Waals surface area contributed by atoms with Crippen molar-refractivity contribution in [1.82, 2.24) is 4.98 Å². The Morgan fingerprint density at radius 2 is 1.66 bits per heavy atom. The van der Waals surface area contributed by atoms with E-state index < -0.39 is 22.0 Å². The first-order valence-electron chi connectivity index (χ1n) is 8.06. The van der Waals surface area contributed by atoms with Gasteiger partial charge in [-0.15, -0.1) is 11.3 Å². The summed E-state index contributed by atoms with van der Waals surface area (Å²) in [5, 5.41) is 0. The van der Waals surface area contributed by atoms with Gasteiger partial charge in [0.05, 0.1) is 46.1 Å². The lowest BCUT2D eigenvalue weighted by atomic mass is 10.1. The predicted octanol–water partition coefficient (Wildman–Crippen LogP) is 3.39. The molecule has 0 amide bonds. The summed E-state index contributed by atoms with van der Waals surface area (Å²) < 4.78 is 39.2. The largest absolute Gasteiger partial charge is 0.465 e. The zero-order chi connectivity index (χ0) is 21.2. The first-order chi connectivity index (χ1) is 13.8. The Labute approximate surface area is 175 Å². The molecule has 29 heavy (non-hydrogen) atoms. The highest BCUT2D eigenvalue weighted by Crippen LogP contribution is 2.30. The number of ether oxygens (including phenoxy) is 2. The van der Waals surface area contributed by atoms with E-state index in [4.69, 9.17) is 0 Å². The van der Waals surface area contributed by atoms with Crippen molar-refractivity contribution in [3.05, 3.63) is 47.5 Å². The number of nitrogens with zero attached hydrogens (tertiary/aromatic N) is 1. The molecule has 0 radical (unpaired) electrons. The van der Waals surface area contributed by atoms with Crippen molar-refractivity contribution in [2.75, 3.05) is 25.2 Å². The number of methoxy groups -OCH3 is 2. The molecule has 0 unspecified atom stereocenters. The number of hydrogen-bond donors (Lipinski definition) is 1. The van der Waals surface area contributed by atoms with Crippen LogP contribution < -0.4 is 4.72 Å². The topological polar surface area (TPSA) is 112 Å². The summed E-state index contributed by atoms with van der Waals surface area (Å²) in [7, 11) is -1.78. The van der Waals surface area contributed by atoms with Crippen LogP contribution in [-0.2, 0) is 19.5 Å². The van der Waals surface area contributed by atoms with Crippen molar-refractivity contribution in [1.29, 1.82) is 0 Å². The fraction of sp³-hybridized carbons (Fsp3) is 0.167. The molecular formula is C18H16N2O6S3. The highest BCUT2D eigenvalue weighted by atomic mass is 32.2. The summed E-state index contributed by atoms with van der Waals surface area (Å²) in [6.45, 7) is 0. The second-order valence-corrected chi connectivity index (χ2v) is 9.47. The van der Waals surface area contributed by atoms with Crippen LogP contribution in [0.2, 0.25) is 0 Å². The Morgan fingerprint density at radius 1 is 1.03 bits per heavy atom. The van der Waals surface area contributed by atoms with Gasteiger partial charge in [0.15, 0.2) is 4.34 Å². The van der Waals surface area contributed by atoms with E-state index in [1.165, 1.54) is 29.2 Å². The van der Waals surface area contributed by atoms with Gasteiger partial charge in [-0.3, -0.25) is 4.72 Å². The monoisotopic (exact) mass is 452 g/mol. The molecule has 0 aliphatic rings. The predicted molar refractivity (Wildman–Crippen MR) is 111 cm³/mol. The smallest absolute Gasteiger partial charge is 0.337 e. The van der Waals surface area contributed by atoms with Crippen LogP contribution in [0.15, 0.2) is 45.6 Å². The lowest BCUT2D eigenvalue weighted by Gasteiger charge is -2.11. The van der Waals surface area contributed by atoms with E-state index in [1.54, 1.807) is 18.2 Å². The van der Waals surface area contributed by atoms with E-state index in [1.807, 2.05) is 6.26 Å². The molecule has 2 aromatic carbocycles. The molecule has 0 saturated carbocycles. The molecule has 3 aromatic rings. The second-order valence-electron chi connectivity index (χ2n) is 5.70. The number of benzene rings is 2. The number of nitrogens with one attached hydrogen (secondary N) is 1. The Morgan fingerprint density at radius 3 is 2.21 bits per heavy atom. The van der Waals surface area contributed by atoms with Crippen LogP contribution in [0.4, 0.5) is 5.69 Å². The molecule has 152 valence electrons. The number of hydrogen-bond acceptors (Lipinski definition) is 9. The number of thioether (sulfide) groups is 1. The third-order valence-corrected chi connectivity index (χ3v) is 7.22. The van der Waals surface area contributed by atoms with Crippen LogP contribution in [0.1, 0.15) is 20.7 Å². The quantitative estimate of drug-likeness (QED) is 0.447. The molecule has 0 aliphatic heterocycles. The highest BCUT2D eigenvalue weighted by molar-refractivity contribution is 8.00. The molecule has 11 heteroatoms. The standard InChI is InChI=1S/C18H16N2O6S3/c1-25-16(21)10-6-11(17(22)26-2)8-13(7-10)29(23,24)20-12-4-5-14-15(9-12)28-18(19-14)27-3/h4-9,20H,1-3H3. The van der Waals surface area contributed by atoms with Gasteiger partial charge in [0.25, 0.3) is 10.0 Å². The molecular weight excluding hydrogens is 436 g/mol. The maximum atomic E-state index is 12.9. The van der Waals surface area contributed by atoms with Gasteiger partial charge >= 0.3 is 11.9 Å². The van der Waals surface area contributed by atoms with E-state index >= 15 is 0 Å². The number of fused-ring (bicyclic) bond motifs is 1. The lowest BCUT2D eigenvalue weighted by Crippen LogP contribution is -2.16. The SMILES string of the molecule is COC(=O)c1cc(C(=O)OC)cc(S(=O)(=O)Nc2ccc3nc(SC)sc3c2)c1. The van der Waals surface area contributed by atoms with Gasteiger partial charge in [-0.25, -0.2) is 23.0 Å². The van der Waals surface area contributed by atoms with E-state index in [9.17, 15) is 18.0 Å². The van der Waals surface area contributed by atoms with Gasteiger partial charge in [0.1, 0.15) is 0 Å². The van der Waals surface area contributed by atoms with Gasteiger partial charge in [-0.1, -0.05) is 11.8 Å². The van der Waals surface area contributed by atoms with E-state index in [-0.39, 0.29) is 16.0 Å². The van der Waals surface area contributed by atoms with Gasteiger partial charge < -0.3 is 9.47 Å². The second kappa shape index (κ2) is 8.39. The van der Waals surface area contributed by atoms with E-state index in [0.717, 1.165) is 40.9 Å². The van der Waals surface area contributed by atoms with Crippen molar-refractivity contribution >= 4 is 61.0 Å². The summed E-state index contributed by atoms with van der Waals surface area (Å²) in [6.07, 6.45) is 1.91. The van der Waals surface area contributed by atoms with Crippen LogP contribution in [0.25, 0.3) is 10.2 Å². The van der Waals surface area contributed by atoms with Crippen LogP contribution >= 0.6 is 23.1 Å². The third-order valence-electron chi connectivity index (χ3n) is 3.85. The van der Waals surface area contributed by atoms with Gasteiger partial charge in [0.2, 0.25) is 0 Å². The molecule has 1 heterocycles. The maximum absolute atomic E-state index is 12.9. The summed E-state index contributed by atoms with van der Waals surface area (Å²) in [5.41, 5.74) is 0.927. The molecule has 0 bridgehead atoms. The highest BCUT2D eigenvalue weighted by Gasteiger charge is 2.21. The first-order valence-corrected chi connectivity index (χ1v) is 11.6. The first kappa shape index (κ1) is 21.1.